The molecule has 0 aliphatic carbocycles. The van der Waals surface area contributed by atoms with Gasteiger partial charge in [-0.2, -0.15) is 13.2 Å². The predicted octanol–water partition coefficient (Wildman–Crippen LogP) is 2.43. The second kappa shape index (κ2) is 6.04. The summed E-state index contributed by atoms with van der Waals surface area (Å²) < 4.78 is 42.3. The third kappa shape index (κ3) is 3.44. The van der Waals surface area contributed by atoms with Gasteiger partial charge in [0.15, 0.2) is 0 Å². The van der Waals surface area contributed by atoms with Crippen molar-refractivity contribution in [2.24, 2.45) is 0 Å². The minimum absolute atomic E-state index is 0.0473. The van der Waals surface area contributed by atoms with Gasteiger partial charge in [0.1, 0.15) is 12.6 Å². The predicted molar refractivity (Wildman–Crippen MR) is 71.2 cm³/mol. The number of alkyl halides is 3. The van der Waals surface area contributed by atoms with E-state index in [0.29, 0.717) is 5.56 Å². The monoisotopic (exact) mass is 336 g/mol. The average Bonchev–Trinajstić information content (AvgIpc) is 2.76. The number of halogens is 4. The zero-order valence-corrected chi connectivity index (χ0v) is 12.2. The Morgan fingerprint density at radius 3 is 2.68 bits per heavy atom. The summed E-state index contributed by atoms with van der Waals surface area (Å²) in [7, 11) is 1.42. The van der Waals surface area contributed by atoms with E-state index in [1.165, 1.54) is 13.1 Å². The lowest BCUT2D eigenvalue weighted by molar-refractivity contribution is -0.137. The number of nitrogens with one attached hydrogen (secondary N) is 1. The molecule has 0 radical (unpaired) electrons. The molecular formula is C13H12ClF3N2O3. The fourth-order valence-electron chi connectivity index (χ4n) is 1.91. The van der Waals surface area contributed by atoms with Gasteiger partial charge < -0.3 is 10.1 Å². The first-order valence-corrected chi connectivity index (χ1v) is 6.61. The lowest BCUT2D eigenvalue weighted by Gasteiger charge is -2.16. The molecule has 0 aromatic heterocycles. The van der Waals surface area contributed by atoms with Gasteiger partial charge in [-0.3, -0.25) is 9.69 Å². The molecule has 0 spiro atoms. The third-order valence-electron chi connectivity index (χ3n) is 3.26. The maximum absolute atomic E-state index is 12.5. The van der Waals surface area contributed by atoms with Crippen LogP contribution in [0.1, 0.15) is 11.1 Å². The molecule has 1 aliphatic heterocycles. The Morgan fingerprint density at radius 2 is 2.18 bits per heavy atom. The van der Waals surface area contributed by atoms with Crippen LogP contribution in [0.3, 0.4) is 0 Å². The summed E-state index contributed by atoms with van der Waals surface area (Å²) in [6.07, 6.45) is -5.08. The number of benzene rings is 1. The van der Waals surface area contributed by atoms with Crippen molar-refractivity contribution in [1.29, 1.82) is 0 Å². The highest BCUT2D eigenvalue weighted by Crippen LogP contribution is 2.32. The van der Waals surface area contributed by atoms with Gasteiger partial charge in [0.25, 0.3) is 0 Å². The van der Waals surface area contributed by atoms with Crippen molar-refractivity contribution in [2.45, 2.75) is 18.8 Å². The summed E-state index contributed by atoms with van der Waals surface area (Å²) in [5.41, 5.74) is -0.516. The van der Waals surface area contributed by atoms with Crippen LogP contribution < -0.4 is 5.32 Å². The second-order valence-electron chi connectivity index (χ2n) is 4.73. The van der Waals surface area contributed by atoms with Gasteiger partial charge in [-0.1, -0.05) is 17.7 Å². The van der Waals surface area contributed by atoms with Gasteiger partial charge in [0, 0.05) is 18.6 Å². The van der Waals surface area contributed by atoms with E-state index in [2.05, 4.69) is 5.32 Å². The molecule has 1 atom stereocenters. The number of cyclic esters (lactones) is 1. The van der Waals surface area contributed by atoms with Crippen LogP contribution in [0.5, 0.6) is 0 Å². The van der Waals surface area contributed by atoms with Crippen molar-refractivity contribution in [3.05, 3.63) is 34.3 Å². The molecule has 1 N–H and O–H groups in total. The minimum atomic E-state index is -4.48. The van der Waals surface area contributed by atoms with Gasteiger partial charge in [-0.25, -0.2) is 4.79 Å². The highest BCUT2D eigenvalue weighted by atomic mass is 35.5. The fourth-order valence-corrected chi connectivity index (χ4v) is 2.16. The van der Waals surface area contributed by atoms with Crippen molar-refractivity contribution < 1.29 is 27.5 Å². The van der Waals surface area contributed by atoms with E-state index < -0.39 is 29.8 Å². The molecule has 2 amide bonds. The van der Waals surface area contributed by atoms with E-state index >= 15 is 0 Å². The van der Waals surface area contributed by atoms with Crippen LogP contribution in [-0.2, 0) is 22.3 Å². The van der Waals surface area contributed by atoms with Gasteiger partial charge in [-0.05, 0) is 17.7 Å². The first-order chi connectivity index (χ1) is 10.2. The van der Waals surface area contributed by atoms with E-state index in [4.69, 9.17) is 16.3 Å². The van der Waals surface area contributed by atoms with Gasteiger partial charge >= 0.3 is 12.3 Å². The Morgan fingerprint density at radius 1 is 1.50 bits per heavy atom. The summed E-state index contributed by atoms with van der Waals surface area (Å²) in [5.74, 6) is -0.468. The van der Waals surface area contributed by atoms with Gasteiger partial charge in [0.2, 0.25) is 5.91 Å². The standard InChI is InChI=1S/C13H12ClF3N2O3/c1-19-10(6-22-12(19)21)11(20)18-5-7-2-3-8(4-9(7)14)13(15,16)17/h2-4,10H,5-6H2,1H3,(H,18,20). The van der Waals surface area contributed by atoms with Crippen molar-refractivity contribution >= 4 is 23.6 Å². The summed E-state index contributed by atoms with van der Waals surface area (Å²) in [4.78, 5) is 24.2. The summed E-state index contributed by atoms with van der Waals surface area (Å²) in [6, 6.07) is 2.13. The van der Waals surface area contributed by atoms with E-state index in [-0.39, 0.29) is 18.2 Å². The topological polar surface area (TPSA) is 58.6 Å². The molecule has 1 aromatic carbocycles. The zero-order chi connectivity index (χ0) is 16.5. The number of nitrogens with zero attached hydrogens (tertiary/aromatic N) is 1. The van der Waals surface area contributed by atoms with E-state index in [1.807, 2.05) is 0 Å². The Bertz CT molecular complexity index is 607. The van der Waals surface area contributed by atoms with Crippen molar-refractivity contribution in [3.8, 4) is 0 Å². The molecule has 5 nitrogen and oxygen atoms in total. The Hall–Kier alpha value is -1.96. The minimum Gasteiger partial charge on any atom is -0.447 e. The van der Waals surface area contributed by atoms with Gasteiger partial charge in [0.05, 0.1) is 5.56 Å². The summed E-state index contributed by atoms with van der Waals surface area (Å²) >= 11 is 5.79. The highest BCUT2D eigenvalue weighted by molar-refractivity contribution is 6.31. The zero-order valence-electron chi connectivity index (χ0n) is 11.4. The lowest BCUT2D eigenvalue weighted by atomic mass is 10.1. The fraction of sp³-hybridized carbons (Fsp3) is 0.385. The number of amides is 2. The molecule has 2 rings (SSSR count). The molecule has 0 bridgehead atoms. The van der Waals surface area contributed by atoms with Crippen molar-refractivity contribution in [2.75, 3.05) is 13.7 Å². The molecular weight excluding hydrogens is 325 g/mol. The normalized spacial score (nSPS) is 18.3. The number of carbonyl (C=O) groups is 2. The van der Waals surface area contributed by atoms with Crippen LogP contribution in [0.25, 0.3) is 0 Å². The van der Waals surface area contributed by atoms with E-state index in [1.54, 1.807) is 0 Å². The third-order valence-corrected chi connectivity index (χ3v) is 3.61. The van der Waals surface area contributed by atoms with Crippen molar-refractivity contribution in [1.82, 2.24) is 10.2 Å². The SMILES string of the molecule is CN1C(=O)OCC1C(=O)NCc1ccc(C(F)(F)F)cc1Cl. The Labute approximate surface area is 129 Å². The highest BCUT2D eigenvalue weighted by Gasteiger charge is 2.35. The van der Waals surface area contributed by atoms with Crippen molar-refractivity contribution in [3.63, 3.8) is 0 Å². The lowest BCUT2D eigenvalue weighted by Crippen LogP contribution is -2.43. The number of hydrogen-bond acceptors (Lipinski definition) is 3. The smallest absolute Gasteiger partial charge is 0.416 e. The van der Waals surface area contributed by atoms with Crippen LogP contribution in [0, 0.1) is 0 Å². The molecule has 1 aliphatic rings. The molecule has 1 unspecified atom stereocenters. The van der Waals surface area contributed by atoms with E-state index in [0.717, 1.165) is 17.0 Å². The summed E-state index contributed by atoms with van der Waals surface area (Å²) in [6.45, 7) is -0.115. The molecule has 1 saturated heterocycles. The molecule has 0 saturated carbocycles. The number of likely N-dealkylation sites (N-methyl/N-ethyl adjacent to an activating group) is 1. The van der Waals surface area contributed by atoms with Crippen LogP contribution in [-0.4, -0.2) is 36.6 Å². The van der Waals surface area contributed by atoms with Crippen LogP contribution in [0.15, 0.2) is 18.2 Å². The quantitative estimate of drug-likeness (QED) is 0.922. The number of hydrogen-bond donors (Lipinski definition) is 1. The molecule has 1 heterocycles. The van der Waals surface area contributed by atoms with Crippen LogP contribution >= 0.6 is 11.6 Å². The van der Waals surface area contributed by atoms with E-state index in [9.17, 15) is 22.8 Å². The Balaban J connectivity index is 2.00. The molecule has 22 heavy (non-hydrogen) atoms. The Kier molecular flexibility index (Phi) is 4.50. The van der Waals surface area contributed by atoms with Crippen LogP contribution in [0.2, 0.25) is 5.02 Å². The molecule has 9 heteroatoms. The molecule has 1 fully saturated rings. The maximum atomic E-state index is 12.5. The number of ether oxygens (including phenoxy) is 1. The number of rotatable bonds is 3. The first kappa shape index (κ1) is 16.4. The average molecular weight is 337 g/mol. The summed E-state index contributed by atoms with van der Waals surface area (Å²) in [5, 5.41) is 2.42. The molecule has 1 aromatic rings. The van der Waals surface area contributed by atoms with Crippen LogP contribution in [0.4, 0.5) is 18.0 Å². The second-order valence-corrected chi connectivity index (χ2v) is 5.13. The number of carbonyl (C=O) groups excluding carboxylic acids is 2. The largest absolute Gasteiger partial charge is 0.447 e. The molecule has 120 valence electrons. The van der Waals surface area contributed by atoms with Gasteiger partial charge in [-0.15, -0.1) is 0 Å². The first-order valence-electron chi connectivity index (χ1n) is 6.23. The maximum Gasteiger partial charge on any atom is 0.416 e.